The lowest BCUT2D eigenvalue weighted by Crippen LogP contribution is -2.09. The number of carboxylic acids is 1. The summed E-state index contributed by atoms with van der Waals surface area (Å²) < 4.78 is 14.6. The third-order valence-electron chi connectivity index (χ3n) is 25.9. The fraction of sp³-hybridized carbons (Fsp3) is 0.860. The SMILES string of the molecule is C=CC(C)CCCC(C)CCCC(C)C.CC(C)=CCC/C(C)=C/CCC(C)=CCO.CC(C)CCCC(C)CCCC(C)CCO.CCCCCCCCCCCCCCCCCC(=O)Cl.CCCCCCCCCCCCCCCCCC(=O)O.CCCCCCCCCCCCCCCCCC(=O)OCCC(C)CCCC(C)CCCC(C)C.Cc1ccccc1.O=S(Cl)Cl. The van der Waals surface area contributed by atoms with Crippen molar-refractivity contribution < 1.29 is 38.6 Å². The van der Waals surface area contributed by atoms with Crippen LogP contribution >= 0.6 is 33.0 Å². The Hall–Kier alpha value is -2.27. The molecule has 3 N–H and O–H groups in total. The fourth-order valence-corrected chi connectivity index (χ4v) is 16.6. The third kappa shape index (κ3) is 150. The minimum Gasteiger partial charge on any atom is -0.481 e. The molecular formula is C121H233Cl3O8S. The number of hydrogen-bond donors (Lipinski definition) is 3. The van der Waals surface area contributed by atoms with E-state index in [4.69, 9.17) is 35.9 Å². The normalized spacial score (nSPS) is 12.6. The van der Waals surface area contributed by atoms with Gasteiger partial charge in [-0.15, -0.1) is 6.58 Å². The van der Waals surface area contributed by atoms with E-state index >= 15 is 0 Å². The molecule has 0 fully saturated rings. The lowest BCUT2D eigenvalue weighted by atomic mass is 9.93. The first kappa shape index (κ1) is 144. The number of carboxylic acid groups (broad SMARTS) is 1. The first-order valence-electron chi connectivity index (χ1n) is 56.9. The van der Waals surface area contributed by atoms with Crippen molar-refractivity contribution in [1.82, 2.24) is 0 Å². The number of halogens is 3. The van der Waals surface area contributed by atoms with E-state index in [2.05, 4.69) is 197 Å². The zero-order chi connectivity index (χ0) is 101. The van der Waals surface area contributed by atoms with E-state index in [0.29, 0.717) is 50.2 Å². The molecular weight excluding hydrogens is 1720 g/mol. The predicted molar refractivity (Wildman–Crippen MR) is 601 cm³/mol. The molecule has 1 rings (SSSR count). The van der Waals surface area contributed by atoms with E-state index in [-0.39, 0.29) is 17.8 Å². The number of aliphatic hydroxyl groups is 2. The van der Waals surface area contributed by atoms with Crippen LogP contribution in [0.5, 0.6) is 0 Å². The molecule has 133 heavy (non-hydrogen) atoms. The molecule has 0 aliphatic heterocycles. The van der Waals surface area contributed by atoms with Crippen molar-refractivity contribution in [3.05, 3.63) is 83.5 Å². The van der Waals surface area contributed by atoms with Crippen molar-refractivity contribution in [1.29, 1.82) is 0 Å². The molecule has 0 saturated heterocycles. The van der Waals surface area contributed by atoms with Crippen LogP contribution in [0, 0.1) is 60.2 Å². The van der Waals surface area contributed by atoms with E-state index in [1.165, 1.54) is 395 Å². The topological polar surface area (TPSA) is 138 Å². The highest BCUT2D eigenvalue weighted by Gasteiger charge is 2.12. The van der Waals surface area contributed by atoms with Crippen LogP contribution in [0.25, 0.3) is 0 Å². The minimum atomic E-state index is -1.67. The minimum absolute atomic E-state index is 0.0191. The third-order valence-corrected chi connectivity index (χ3v) is 26.1. The quantitative estimate of drug-likeness (QED) is 0.0254. The van der Waals surface area contributed by atoms with Crippen molar-refractivity contribution in [2.24, 2.45) is 53.3 Å². The second-order valence-electron chi connectivity index (χ2n) is 42.4. The molecule has 0 aromatic heterocycles. The molecule has 792 valence electrons. The summed E-state index contributed by atoms with van der Waals surface area (Å²) in [5.74, 6) is 6.66. The highest BCUT2D eigenvalue weighted by atomic mass is 36.0. The highest BCUT2D eigenvalue weighted by Crippen LogP contribution is 2.26. The largest absolute Gasteiger partial charge is 0.481 e. The van der Waals surface area contributed by atoms with Gasteiger partial charge in [-0.2, -0.15) is 0 Å². The maximum absolute atomic E-state index is 12.0. The van der Waals surface area contributed by atoms with Crippen molar-refractivity contribution in [3.8, 4) is 0 Å². The predicted octanol–water partition coefficient (Wildman–Crippen LogP) is 42.3. The van der Waals surface area contributed by atoms with Crippen LogP contribution in [0.15, 0.2) is 77.9 Å². The number of aliphatic carboxylic acids is 1. The lowest BCUT2D eigenvalue weighted by molar-refractivity contribution is -0.144. The molecule has 0 spiro atoms. The first-order valence-corrected chi connectivity index (χ1v) is 60.1. The Labute approximate surface area is 849 Å². The maximum Gasteiger partial charge on any atom is 0.305 e. The monoisotopic (exact) mass is 1950 g/mol. The Bertz CT molecular complexity index is 2520. The maximum atomic E-state index is 12.0. The summed E-state index contributed by atoms with van der Waals surface area (Å²) in [6, 6.07) is 10.3. The number of ether oxygens (including phenoxy) is 1. The number of benzene rings is 1. The van der Waals surface area contributed by atoms with Crippen LogP contribution in [0.4, 0.5) is 0 Å². The van der Waals surface area contributed by atoms with Crippen molar-refractivity contribution in [2.75, 3.05) is 19.8 Å². The Balaban J connectivity index is -0.000000287. The average Bonchev–Trinajstić information content (AvgIpc) is 1.01. The molecule has 0 radical (unpaired) electrons. The van der Waals surface area contributed by atoms with Gasteiger partial charge in [0.15, 0.2) is 0 Å². The average molecular weight is 1950 g/mol. The van der Waals surface area contributed by atoms with Gasteiger partial charge in [-0.05, 0) is 164 Å². The molecule has 0 aliphatic carbocycles. The Morgan fingerprint density at radius 1 is 0.353 bits per heavy atom. The summed E-state index contributed by atoms with van der Waals surface area (Å²) in [7, 11) is 7.36. The molecule has 0 aliphatic rings. The molecule has 1 aromatic rings. The van der Waals surface area contributed by atoms with E-state index in [9.17, 15) is 14.4 Å². The van der Waals surface area contributed by atoms with Gasteiger partial charge in [0.1, 0.15) is 0 Å². The fourth-order valence-electron chi connectivity index (χ4n) is 16.5. The first-order chi connectivity index (χ1) is 63.8. The van der Waals surface area contributed by atoms with Gasteiger partial charge in [0.05, 0.1) is 13.2 Å². The lowest BCUT2D eigenvalue weighted by Gasteiger charge is -2.15. The number of rotatable bonds is 85. The summed E-state index contributed by atoms with van der Waals surface area (Å²) in [5.41, 5.74) is 5.46. The molecule has 6 unspecified atom stereocenters. The molecule has 0 bridgehead atoms. The molecule has 0 amide bonds. The van der Waals surface area contributed by atoms with E-state index in [1.54, 1.807) is 0 Å². The summed E-state index contributed by atoms with van der Waals surface area (Å²) in [6.45, 7) is 50.3. The van der Waals surface area contributed by atoms with E-state index in [1.807, 2.05) is 24.3 Å². The number of aryl methyl sites for hydroxylation is 1. The molecule has 0 saturated carbocycles. The molecule has 8 nitrogen and oxygen atoms in total. The number of esters is 1. The van der Waals surface area contributed by atoms with Crippen LogP contribution in [0.2, 0.25) is 0 Å². The zero-order valence-electron chi connectivity index (χ0n) is 92.6. The van der Waals surface area contributed by atoms with Gasteiger partial charge in [0.25, 0.3) is 0 Å². The van der Waals surface area contributed by atoms with Gasteiger partial charge in [0.2, 0.25) is 14.5 Å². The Morgan fingerprint density at radius 3 is 0.880 bits per heavy atom. The van der Waals surface area contributed by atoms with Crippen molar-refractivity contribution in [2.45, 2.75) is 601 Å². The van der Waals surface area contributed by atoms with Gasteiger partial charge in [-0.3, -0.25) is 14.4 Å². The number of allylic oxidation sites excluding steroid dienone is 6. The smallest absolute Gasteiger partial charge is 0.305 e. The molecule has 1 aromatic carbocycles. The van der Waals surface area contributed by atoms with Crippen molar-refractivity contribution >= 4 is 59.4 Å². The molecule has 0 heterocycles. The Kier molecular flexibility index (Phi) is 130. The van der Waals surface area contributed by atoms with Crippen LogP contribution in [0.1, 0.15) is 599 Å². The Morgan fingerprint density at radius 2 is 0.617 bits per heavy atom. The van der Waals surface area contributed by atoms with Gasteiger partial charge in [-0.1, -0.05) is 560 Å². The standard InChI is InChI=1S/C33H66O2.C18H35ClO.C18H36O2.C15H32O.C15H26O.C15H30.C7H8.Cl2OS/c1-6-7-8-9-10-11-12-13-14-15-16-17-18-19-20-27-33(34)35-29-28-32(5)26-22-25-31(4)24-21-23-30(2)3;2*1-2-3-4-5-6-7-8-9-10-11-12-13-14-15-16-17-18(19)20;2*1-13(2)7-5-8-14(3)9-6-10-15(4)11-12-16;1-6-14(4)10-8-12-15(5)11-7-9-13(2)3;1-7-5-3-2-4-6-7;1-4(2)3/h30-32H,6-29H2,1-5H3;2-17H2,1H3;2-17H2,1H3,(H,19,20);13-16H,5-12H2,1-4H3;7,9,11,16H,5-6,8,10,12H2,1-4H3;6,13-15H,1,7-12H2,2-5H3;2-6H,1H3;/b;;;;14-9+,15-11?;;;. The van der Waals surface area contributed by atoms with Crippen molar-refractivity contribution in [3.63, 3.8) is 0 Å². The van der Waals surface area contributed by atoms with Crippen LogP contribution in [-0.4, -0.2) is 56.5 Å². The van der Waals surface area contributed by atoms with E-state index < -0.39 is 15.2 Å². The second kappa shape index (κ2) is 120. The number of unbranched alkanes of at least 4 members (excludes halogenated alkanes) is 42. The number of carbonyl (C=O) groups excluding carboxylic acids is 2. The summed E-state index contributed by atoms with van der Waals surface area (Å²) in [4.78, 5) is 32.9. The van der Waals surface area contributed by atoms with Gasteiger partial charge in [0, 0.05) is 47.2 Å². The van der Waals surface area contributed by atoms with Crippen LogP contribution in [0.3, 0.4) is 0 Å². The molecule has 12 heteroatoms. The van der Waals surface area contributed by atoms with Crippen LogP contribution in [-0.2, 0) is 28.3 Å². The summed E-state index contributed by atoms with van der Waals surface area (Å²) in [6.07, 6.45) is 102. The summed E-state index contributed by atoms with van der Waals surface area (Å²) in [5, 5.41) is 25.9. The second-order valence-corrected chi connectivity index (χ2v) is 45.3. The number of carbonyl (C=O) groups is 3. The molecule has 6 atom stereocenters. The van der Waals surface area contributed by atoms with Gasteiger partial charge in [-0.25, -0.2) is 4.21 Å². The summed E-state index contributed by atoms with van der Waals surface area (Å²) >= 11 is 5.30. The number of aliphatic hydroxyl groups excluding tert-OH is 2. The van der Waals surface area contributed by atoms with E-state index in [0.717, 1.165) is 106 Å². The highest BCUT2D eigenvalue weighted by molar-refractivity contribution is 8.26. The van der Waals surface area contributed by atoms with Gasteiger partial charge >= 0.3 is 11.9 Å². The number of hydrogen-bond acceptors (Lipinski definition) is 7. The van der Waals surface area contributed by atoms with Crippen LogP contribution < -0.4 is 0 Å². The van der Waals surface area contributed by atoms with Gasteiger partial charge < -0.3 is 20.1 Å². The zero-order valence-corrected chi connectivity index (χ0v) is 95.6.